The quantitative estimate of drug-likeness (QED) is 0.490. The molecule has 0 saturated carbocycles. The molecule has 30 heavy (non-hydrogen) atoms. The van der Waals surface area contributed by atoms with Gasteiger partial charge in [-0.2, -0.15) is 0 Å². The molecule has 1 atom stereocenters. The van der Waals surface area contributed by atoms with E-state index in [1.54, 1.807) is 19.5 Å². The van der Waals surface area contributed by atoms with E-state index in [1.165, 1.54) is 17.3 Å². The van der Waals surface area contributed by atoms with Crippen LogP contribution in [0, 0.1) is 0 Å². The number of carbonyl (C=O) groups excluding carboxylic acids is 1. The van der Waals surface area contributed by atoms with Crippen LogP contribution in [-0.2, 0) is 16.1 Å². The number of benzene rings is 1. The monoisotopic (exact) mass is 425 g/mol. The lowest BCUT2D eigenvalue weighted by Gasteiger charge is -2.11. The molecule has 0 spiro atoms. The number of thioether (sulfide) groups is 1. The van der Waals surface area contributed by atoms with Gasteiger partial charge in [0.2, 0.25) is 5.91 Å². The number of nitrogens with zero attached hydrogens (tertiary/aromatic N) is 4. The Bertz CT molecular complexity index is 944. The Hall–Kier alpha value is -2.71. The average Bonchev–Trinajstić information content (AvgIpc) is 3.19. The summed E-state index contributed by atoms with van der Waals surface area (Å²) in [6, 6.07) is 11.8. The Morgan fingerprint density at radius 3 is 2.57 bits per heavy atom. The Labute approximate surface area is 181 Å². The smallest absolute Gasteiger partial charge is 0.234 e. The minimum absolute atomic E-state index is 0.0805. The van der Waals surface area contributed by atoms with Crippen LogP contribution in [0.2, 0.25) is 0 Å². The molecule has 1 aromatic carbocycles. The van der Waals surface area contributed by atoms with Gasteiger partial charge < -0.3 is 10.1 Å². The molecule has 1 N–H and O–H groups in total. The first-order valence-corrected chi connectivity index (χ1v) is 11.0. The number of methoxy groups -OCH3 is 1. The highest BCUT2D eigenvalue weighted by molar-refractivity contribution is 7.99. The first-order valence-electron chi connectivity index (χ1n) is 9.97. The van der Waals surface area contributed by atoms with Gasteiger partial charge in [0.1, 0.15) is 0 Å². The van der Waals surface area contributed by atoms with E-state index in [9.17, 15) is 4.79 Å². The third-order valence-corrected chi connectivity index (χ3v) is 5.85. The topological polar surface area (TPSA) is 81.9 Å². The molecular formula is C22H27N5O2S. The number of amides is 1. The highest BCUT2D eigenvalue weighted by Gasteiger charge is 2.16. The Morgan fingerprint density at radius 1 is 1.17 bits per heavy atom. The molecule has 3 rings (SSSR count). The van der Waals surface area contributed by atoms with Crippen LogP contribution in [-0.4, -0.2) is 45.1 Å². The van der Waals surface area contributed by atoms with Gasteiger partial charge in [-0.05, 0) is 42.2 Å². The normalized spacial score (nSPS) is 12.0. The standard InChI is InChI=1S/C22H27N5O2S/c1-4-16(2)17-5-7-19(8-6-17)24-20(28)15-30-22-26-25-21(27(22)13-14-29-3)18-9-11-23-12-10-18/h5-12,16H,4,13-15H2,1-3H3,(H,24,28). The number of hydrogen-bond donors (Lipinski definition) is 1. The molecule has 158 valence electrons. The summed E-state index contributed by atoms with van der Waals surface area (Å²) in [5.41, 5.74) is 3.00. The Morgan fingerprint density at radius 2 is 1.90 bits per heavy atom. The van der Waals surface area contributed by atoms with Crippen molar-refractivity contribution in [2.75, 3.05) is 24.8 Å². The van der Waals surface area contributed by atoms with Gasteiger partial charge in [-0.3, -0.25) is 14.3 Å². The van der Waals surface area contributed by atoms with E-state index in [-0.39, 0.29) is 11.7 Å². The summed E-state index contributed by atoms with van der Waals surface area (Å²) >= 11 is 1.36. The van der Waals surface area contributed by atoms with Crippen LogP contribution < -0.4 is 5.32 Å². The molecule has 0 aliphatic carbocycles. The minimum Gasteiger partial charge on any atom is -0.383 e. The van der Waals surface area contributed by atoms with Crippen molar-refractivity contribution in [3.05, 3.63) is 54.4 Å². The third kappa shape index (κ3) is 5.67. The number of hydrogen-bond acceptors (Lipinski definition) is 6. The maximum absolute atomic E-state index is 12.4. The van der Waals surface area contributed by atoms with Gasteiger partial charge in [-0.15, -0.1) is 10.2 Å². The zero-order valence-corrected chi connectivity index (χ0v) is 18.4. The largest absolute Gasteiger partial charge is 0.383 e. The summed E-state index contributed by atoms with van der Waals surface area (Å²) in [6.45, 7) is 5.49. The summed E-state index contributed by atoms with van der Waals surface area (Å²) < 4.78 is 7.19. The van der Waals surface area contributed by atoms with E-state index < -0.39 is 0 Å². The molecule has 1 unspecified atom stereocenters. The van der Waals surface area contributed by atoms with Crippen molar-refractivity contribution in [1.29, 1.82) is 0 Å². The van der Waals surface area contributed by atoms with E-state index in [0.717, 1.165) is 23.5 Å². The van der Waals surface area contributed by atoms with Crippen LogP contribution in [0.1, 0.15) is 31.7 Å². The number of rotatable bonds is 10. The number of pyridine rings is 1. The predicted molar refractivity (Wildman–Crippen MR) is 120 cm³/mol. The second-order valence-electron chi connectivity index (χ2n) is 6.95. The van der Waals surface area contributed by atoms with Crippen LogP contribution in [0.3, 0.4) is 0 Å². The van der Waals surface area contributed by atoms with Crippen molar-refractivity contribution in [3.63, 3.8) is 0 Å². The van der Waals surface area contributed by atoms with Crippen LogP contribution >= 0.6 is 11.8 Å². The van der Waals surface area contributed by atoms with Crippen LogP contribution in [0.15, 0.2) is 53.9 Å². The molecule has 0 radical (unpaired) electrons. The van der Waals surface area contributed by atoms with Gasteiger partial charge in [0.25, 0.3) is 0 Å². The number of nitrogens with one attached hydrogen (secondary N) is 1. The van der Waals surface area contributed by atoms with Crippen molar-refractivity contribution >= 4 is 23.4 Å². The molecule has 0 aliphatic heterocycles. The van der Waals surface area contributed by atoms with Crippen LogP contribution in [0.4, 0.5) is 5.69 Å². The molecule has 0 fully saturated rings. The van der Waals surface area contributed by atoms with E-state index in [2.05, 4.69) is 46.5 Å². The molecule has 2 aromatic heterocycles. The molecule has 8 heteroatoms. The van der Waals surface area contributed by atoms with Crippen molar-refractivity contribution < 1.29 is 9.53 Å². The molecule has 1 amide bonds. The lowest BCUT2D eigenvalue weighted by molar-refractivity contribution is -0.113. The van der Waals surface area contributed by atoms with Gasteiger partial charge in [-0.1, -0.05) is 37.7 Å². The van der Waals surface area contributed by atoms with E-state index >= 15 is 0 Å². The fraction of sp³-hybridized carbons (Fsp3) is 0.364. The van der Waals surface area contributed by atoms with Crippen molar-refractivity contribution in [1.82, 2.24) is 19.7 Å². The molecule has 7 nitrogen and oxygen atoms in total. The predicted octanol–water partition coefficient (Wildman–Crippen LogP) is 4.23. The highest BCUT2D eigenvalue weighted by atomic mass is 32.2. The lowest BCUT2D eigenvalue weighted by Crippen LogP contribution is -2.15. The first-order chi connectivity index (χ1) is 14.6. The average molecular weight is 426 g/mol. The second-order valence-corrected chi connectivity index (χ2v) is 7.90. The highest BCUT2D eigenvalue weighted by Crippen LogP contribution is 2.24. The van der Waals surface area contributed by atoms with E-state index in [0.29, 0.717) is 24.2 Å². The van der Waals surface area contributed by atoms with Gasteiger partial charge in [0.05, 0.1) is 18.9 Å². The maximum Gasteiger partial charge on any atom is 0.234 e. The molecule has 3 aromatic rings. The van der Waals surface area contributed by atoms with Crippen LogP contribution in [0.5, 0.6) is 0 Å². The SMILES string of the molecule is CCC(C)c1ccc(NC(=O)CSc2nnc(-c3ccncc3)n2CCOC)cc1. The maximum atomic E-state index is 12.4. The molecule has 0 bridgehead atoms. The van der Waals surface area contributed by atoms with Gasteiger partial charge >= 0.3 is 0 Å². The van der Waals surface area contributed by atoms with Gasteiger partial charge in [-0.25, -0.2) is 0 Å². The summed E-state index contributed by atoms with van der Waals surface area (Å²) in [7, 11) is 1.66. The zero-order chi connectivity index (χ0) is 21.3. The second kappa shape index (κ2) is 10.9. The third-order valence-electron chi connectivity index (χ3n) is 4.88. The Kier molecular flexibility index (Phi) is 7.98. The molecular weight excluding hydrogens is 398 g/mol. The van der Waals surface area contributed by atoms with Crippen molar-refractivity contribution in [2.45, 2.75) is 37.9 Å². The molecule has 2 heterocycles. The molecule has 0 aliphatic rings. The number of ether oxygens (including phenoxy) is 1. The summed E-state index contributed by atoms with van der Waals surface area (Å²) in [5, 5.41) is 12.2. The Balaban J connectivity index is 1.64. The first kappa shape index (κ1) is 22.0. The van der Waals surface area contributed by atoms with Crippen molar-refractivity contribution in [3.8, 4) is 11.4 Å². The minimum atomic E-state index is -0.0805. The van der Waals surface area contributed by atoms with Gasteiger partial charge in [0.15, 0.2) is 11.0 Å². The number of anilines is 1. The number of aromatic nitrogens is 4. The number of carbonyl (C=O) groups is 1. The fourth-order valence-electron chi connectivity index (χ4n) is 2.95. The van der Waals surface area contributed by atoms with E-state index in [1.807, 2.05) is 28.8 Å². The van der Waals surface area contributed by atoms with Gasteiger partial charge in [0, 0.05) is 30.8 Å². The van der Waals surface area contributed by atoms with Crippen molar-refractivity contribution in [2.24, 2.45) is 0 Å². The fourth-order valence-corrected chi connectivity index (χ4v) is 3.72. The zero-order valence-electron chi connectivity index (χ0n) is 17.5. The summed E-state index contributed by atoms with van der Waals surface area (Å²) in [5.74, 6) is 1.41. The summed E-state index contributed by atoms with van der Waals surface area (Å²) in [4.78, 5) is 16.5. The van der Waals surface area contributed by atoms with Crippen LogP contribution in [0.25, 0.3) is 11.4 Å². The lowest BCUT2D eigenvalue weighted by atomic mass is 9.99. The molecule has 0 saturated heterocycles. The summed E-state index contributed by atoms with van der Waals surface area (Å²) in [6.07, 6.45) is 4.53. The van der Waals surface area contributed by atoms with E-state index in [4.69, 9.17) is 4.74 Å².